The number of amides is 2. The molecule has 0 atom stereocenters. The molecule has 9 heteroatoms. The van der Waals surface area contributed by atoms with E-state index in [0.717, 1.165) is 0 Å². The number of aromatic nitrogens is 2. The molecule has 0 saturated heterocycles. The zero-order valence-electron chi connectivity index (χ0n) is 8.76. The average molecular weight is 259 g/mol. The highest BCUT2D eigenvalue weighted by atomic mass is 35.5. The maximum atomic E-state index is 10.9. The lowest BCUT2D eigenvalue weighted by atomic mass is 10.4. The lowest BCUT2D eigenvalue weighted by Gasteiger charge is -2.21. The molecule has 1 aromatic heterocycles. The fraction of sp³-hybridized carbons (Fsp3) is 0.250. The second-order valence-electron chi connectivity index (χ2n) is 3.19. The summed E-state index contributed by atoms with van der Waals surface area (Å²) in [4.78, 5) is 30.5. The van der Waals surface area contributed by atoms with Gasteiger partial charge in [0.2, 0.25) is 17.8 Å². The number of anilines is 2. The predicted octanol–water partition coefficient (Wildman–Crippen LogP) is -1.51. The van der Waals surface area contributed by atoms with Gasteiger partial charge in [-0.3, -0.25) is 9.59 Å². The van der Waals surface area contributed by atoms with Crippen molar-refractivity contribution in [1.82, 2.24) is 9.97 Å². The van der Waals surface area contributed by atoms with Gasteiger partial charge >= 0.3 is 0 Å². The summed E-state index contributed by atoms with van der Waals surface area (Å²) in [5.41, 5.74) is 15.5. The fourth-order valence-electron chi connectivity index (χ4n) is 1.17. The van der Waals surface area contributed by atoms with Crippen molar-refractivity contribution in [3.63, 3.8) is 0 Å². The van der Waals surface area contributed by atoms with Gasteiger partial charge < -0.3 is 22.1 Å². The minimum atomic E-state index is -0.653. The topological polar surface area (TPSA) is 141 Å². The first kappa shape index (κ1) is 13.0. The first-order valence-electron chi connectivity index (χ1n) is 4.49. The Bertz CT molecular complexity index is 436. The summed E-state index contributed by atoms with van der Waals surface area (Å²) in [6.07, 6.45) is 1.26. The Morgan fingerprint density at radius 1 is 1.29 bits per heavy atom. The Hall–Kier alpha value is -2.09. The van der Waals surface area contributed by atoms with Gasteiger partial charge in [0.25, 0.3) is 0 Å². The summed E-state index contributed by atoms with van der Waals surface area (Å²) in [5.74, 6) is -1.21. The highest BCUT2D eigenvalue weighted by Crippen LogP contribution is 2.22. The molecule has 0 saturated carbocycles. The standard InChI is InChI=1S/C8H11ClN6O2/c9-4-1-13-8(12)14-7(4)15(2-5(10)16)3-6(11)17/h1H,2-3H2,(H2,10,16)(H2,11,17)(H2,12,13,14). The summed E-state index contributed by atoms with van der Waals surface area (Å²) < 4.78 is 0. The second kappa shape index (κ2) is 5.30. The van der Waals surface area contributed by atoms with E-state index in [4.69, 9.17) is 28.8 Å². The van der Waals surface area contributed by atoms with Crippen molar-refractivity contribution in [2.24, 2.45) is 11.5 Å². The highest BCUT2D eigenvalue weighted by molar-refractivity contribution is 6.32. The van der Waals surface area contributed by atoms with E-state index in [1.165, 1.54) is 11.1 Å². The van der Waals surface area contributed by atoms with Crippen LogP contribution in [0.5, 0.6) is 0 Å². The van der Waals surface area contributed by atoms with Crippen LogP contribution in [-0.4, -0.2) is 34.9 Å². The van der Waals surface area contributed by atoms with Crippen molar-refractivity contribution in [1.29, 1.82) is 0 Å². The van der Waals surface area contributed by atoms with Crippen LogP contribution in [0.15, 0.2) is 6.20 Å². The molecule has 8 nitrogen and oxygen atoms in total. The lowest BCUT2D eigenvalue weighted by Crippen LogP contribution is -2.40. The lowest BCUT2D eigenvalue weighted by molar-refractivity contribution is -0.117. The van der Waals surface area contributed by atoms with Crippen LogP contribution in [0.2, 0.25) is 5.02 Å². The Kier molecular flexibility index (Phi) is 4.05. The SMILES string of the molecule is NC(=O)CN(CC(N)=O)c1nc(N)ncc1Cl. The van der Waals surface area contributed by atoms with E-state index in [1.54, 1.807) is 0 Å². The zero-order valence-corrected chi connectivity index (χ0v) is 9.52. The molecule has 2 amide bonds. The number of carbonyl (C=O) groups is 2. The smallest absolute Gasteiger partial charge is 0.237 e. The second-order valence-corrected chi connectivity index (χ2v) is 3.60. The molecule has 0 spiro atoms. The van der Waals surface area contributed by atoms with Gasteiger partial charge in [0.15, 0.2) is 5.82 Å². The molecule has 1 aromatic rings. The van der Waals surface area contributed by atoms with E-state index >= 15 is 0 Å². The molecule has 0 aliphatic rings. The van der Waals surface area contributed by atoms with Crippen molar-refractivity contribution in [2.45, 2.75) is 0 Å². The largest absolute Gasteiger partial charge is 0.368 e. The molecule has 0 fully saturated rings. The predicted molar refractivity (Wildman–Crippen MR) is 62.1 cm³/mol. The van der Waals surface area contributed by atoms with Gasteiger partial charge in [-0.1, -0.05) is 11.6 Å². The molecular formula is C8H11ClN6O2. The molecule has 17 heavy (non-hydrogen) atoms. The number of nitrogens with two attached hydrogens (primary N) is 3. The van der Waals surface area contributed by atoms with Crippen LogP contribution >= 0.6 is 11.6 Å². The van der Waals surface area contributed by atoms with Crippen LogP contribution < -0.4 is 22.1 Å². The third-order valence-corrected chi connectivity index (χ3v) is 2.00. The maximum Gasteiger partial charge on any atom is 0.237 e. The van der Waals surface area contributed by atoms with E-state index in [-0.39, 0.29) is 29.9 Å². The number of nitrogens with zero attached hydrogens (tertiary/aromatic N) is 3. The van der Waals surface area contributed by atoms with E-state index in [9.17, 15) is 9.59 Å². The highest BCUT2D eigenvalue weighted by Gasteiger charge is 2.17. The summed E-state index contributed by atoms with van der Waals surface area (Å²) in [5, 5.41) is 0.140. The van der Waals surface area contributed by atoms with Crippen molar-refractivity contribution >= 4 is 35.2 Å². The fourth-order valence-corrected chi connectivity index (χ4v) is 1.39. The average Bonchev–Trinajstić information content (AvgIpc) is 2.19. The molecule has 6 N–H and O–H groups in total. The Morgan fingerprint density at radius 3 is 2.29 bits per heavy atom. The minimum absolute atomic E-state index is 0.0386. The Labute approximate surface area is 102 Å². The van der Waals surface area contributed by atoms with Gasteiger partial charge in [-0.25, -0.2) is 4.98 Å². The Morgan fingerprint density at radius 2 is 1.82 bits per heavy atom. The number of carbonyl (C=O) groups excluding carboxylic acids is 2. The van der Waals surface area contributed by atoms with E-state index in [1.807, 2.05) is 0 Å². The van der Waals surface area contributed by atoms with Crippen molar-refractivity contribution in [3.05, 3.63) is 11.2 Å². The Balaban J connectivity index is 3.06. The zero-order chi connectivity index (χ0) is 13.0. The summed E-state index contributed by atoms with van der Waals surface area (Å²) >= 11 is 5.83. The molecule has 0 aliphatic heterocycles. The molecule has 0 aromatic carbocycles. The molecule has 0 radical (unpaired) electrons. The van der Waals surface area contributed by atoms with Crippen LogP contribution in [0.3, 0.4) is 0 Å². The third kappa shape index (κ3) is 3.76. The summed E-state index contributed by atoms with van der Waals surface area (Å²) in [6, 6.07) is 0. The number of rotatable bonds is 5. The summed E-state index contributed by atoms with van der Waals surface area (Å²) in [7, 11) is 0. The van der Waals surface area contributed by atoms with Crippen LogP contribution in [0, 0.1) is 0 Å². The van der Waals surface area contributed by atoms with Crippen LogP contribution in [0.25, 0.3) is 0 Å². The maximum absolute atomic E-state index is 10.9. The van der Waals surface area contributed by atoms with Gasteiger partial charge in [0.05, 0.1) is 19.3 Å². The van der Waals surface area contributed by atoms with Crippen LogP contribution in [0.1, 0.15) is 0 Å². The molecule has 0 bridgehead atoms. The quantitative estimate of drug-likeness (QED) is 0.586. The van der Waals surface area contributed by atoms with E-state index in [0.29, 0.717) is 0 Å². The first-order valence-corrected chi connectivity index (χ1v) is 4.87. The number of hydrogen-bond donors (Lipinski definition) is 3. The normalized spacial score (nSPS) is 9.94. The van der Waals surface area contributed by atoms with E-state index in [2.05, 4.69) is 9.97 Å². The number of nitrogen functional groups attached to an aromatic ring is 1. The molecule has 0 aliphatic carbocycles. The van der Waals surface area contributed by atoms with Crippen LogP contribution in [0.4, 0.5) is 11.8 Å². The molecular weight excluding hydrogens is 248 g/mol. The van der Waals surface area contributed by atoms with Gasteiger partial charge in [0, 0.05) is 0 Å². The minimum Gasteiger partial charge on any atom is -0.368 e. The van der Waals surface area contributed by atoms with Crippen molar-refractivity contribution < 1.29 is 9.59 Å². The summed E-state index contributed by atoms with van der Waals surface area (Å²) in [6.45, 7) is -0.502. The molecule has 1 rings (SSSR count). The van der Waals surface area contributed by atoms with Gasteiger partial charge in [-0.2, -0.15) is 4.98 Å². The van der Waals surface area contributed by atoms with Crippen LogP contribution in [-0.2, 0) is 9.59 Å². The number of primary amides is 2. The molecule has 92 valence electrons. The monoisotopic (exact) mass is 258 g/mol. The van der Waals surface area contributed by atoms with Crippen molar-refractivity contribution in [3.8, 4) is 0 Å². The first-order chi connectivity index (χ1) is 7.90. The van der Waals surface area contributed by atoms with Gasteiger partial charge in [0.1, 0.15) is 5.02 Å². The number of halogens is 1. The molecule has 0 unspecified atom stereocenters. The van der Waals surface area contributed by atoms with Gasteiger partial charge in [-0.15, -0.1) is 0 Å². The third-order valence-electron chi connectivity index (χ3n) is 1.74. The van der Waals surface area contributed by atoms with Gasteiger partial charge in [-0.05, 0) is 0 Å². The van der Waals surface area contributed by atoms with Crippen molar-refractivity contribution in [2.75, 3.05) is 23.7 Å². The van der Waals surface area contributed by atoms with E-state index < -0.39 is 11.8 Å². The molecule has 1 heterocycles. The number of hydrogen-bond acceptors (Lipinski definition) is 6.